The summed E-state index contributed by atoms with van der Waals surface area (Å²) >= 11 is 0. The number of nitrogens with zero attached hydrogens (tertiary/aromatic N) is 2. The molecule has 0 bridgehead atoms. The van der Waals surface area contributed by atoms with E-state index in [4.69, 9.17) is 9.26 Å². The molecule has 1 unspecified atom stereocenters. The molecule has 2 heterocycles. The first-order valence-electron chi connectivity index (χ1n) is 12.7. The summed E-state index contributed by atoms with van der Waals surface area (Å²) in [7, 11) is 0. The number of aromatic nitrogens is 2. The van der Waals surface area contributed by atoms with E-state index in [9.17, 15) is 19.5 Å². The van der Waals surface area contributed by atoms with Crippen molar-refractivity contribution in [3.63, 3.8) is 0 Å². The van der Waals surface area contributed by atoms with Gasteiger partial charge in [-0.25, -0.2) is 9.78 Å². The Morgan fingerprint density at radius 1 is 1.00 bits per heavy atom. The van der Waals surface area contributed by atoms with Crippen molar-refractivity contribution < 1.29 is 28.8 Å². The maximum absolute atomic E-state index is 12.9. The second-order valence-corrected chi connectivity index (χ2v) is 9.66. The van der Waals surface area contributed by atoms with Crippen LogP contribution < -0.4 is 10.6 Å². The van der Waals surface area contributed by atoms with Gasteiger partial charge in [0.1, 0.15) is 23.2 Å². The maximum atomic E-state index is 12.9. The number of rotatable bonds is 7. The molecule has 3 N–H and O–H groups in total. The minimum Gasteiger partial charge on any atom is -0.481 e. The minimum absolute atomic E-state index is 0.252. The van der Waals surface area contributed by atoms with Gasteiger partial charge < -0.3 is 19.7 Å². The number of pyridine rings is 1. The molecule has 2 aromatic heterocycles. The average Bonchev–Trinajstić information content (AvgIpc) is 3.24. The number of aliphatic carboxylic acids is 1. The van der Waals surface area contributed by atoms with E-state index in [0.29, 0.717) is 41.3 Å². The van der Waals surface area contributed by atoms with Crippen LogP contribution in [-0.4, -0.2) is 33.2 Å². The Bertz CT molecular complexity index is 1350. The lowest BCUT2D eigenvalue weighted by molar-refractivity contribution is -0.147. The van der Waals surface area contributed by atoms with Crippen molar-refractivity contribution in [2.45, 2.75) is 59.5 Å². The molecule has 3 aromatic rings. The van der Waals surface area contributed by atoms with E-state index in [1.807, 2.05) is 31.2 Å². The van der Waals surface area contributed by atoms with Gasteiger partial charge in [-0.1, -0.05) is 42.3 Å². The smallest absolute Gasteiger partial charge is 0.412 e. The summed E-state index contributed by atoms with van der Waals surface area (Å²) in [5.74, 6) is -2.28. The normalized spacial score (nSPS) is 17.9. The molecule has 1 aliphatic carbocycles. The number of carbonyl (C=O) groups is 3. The van der Waals surface area contributed by atoms with Gasteiger partial charge in [-0.15, -0.1) is 0 Å². The predicted octanol–water partition coefficient (Wildman–Crippen LogP) is 5.80. The van der Waals surface area contributed by atoms with Crippen LogP contribution in [0.1, 0.15) is 61.2 Å². The number of carboxylic acid groups (broad SMARTS) is 1. The van der Waals surface area contributed by atoms with Gasteiger partial charge in [0.2, 0.25) is 11.7 Å². The fourth-order valence-electron chi connectivity index (χ4n) is 4.88. The molecule has 0 radical (unpaired) electrons. The van der Waals surface area contributed by atoms with Crippen molar-refractivity contribution in [2.24, 2.45) is 11.8 Å². The van der Waals surface area contributed by atoms with E-state index in [1.54, 1.807) is 32.9 Å². The first-order chi connectivity index (χ1) is 18.2. The summed E-state index contributed by atoms with van der Waals surface area (Å²) < 4.78 is 11.0. The van der Waals surface area contributed by atoms with Crippen LogP contribution in [0.4, 0.5) is 16.2 Å². The van der Waals surface area contributed by atoms with Crippen LogP contribution in [0.5, 0.6) is 0 Å². The first kappa shape index (κ1) is 26.8. The SMILES string of the molecule is Cc1ccccc1C(C)OC(=O)Nc1c(C)noc1-c1ccc(NC(=O)[C@H]2CCCC[C@@H]2C(=O)O)c(C)n1. The Balaban J connectivity index is 1.47. The number of carboxylic acids is 1. The number of anilines is 2. The predicted molar refractivity (Wildman–Crippen MR) is 141 cm³/mol. The van der Waals surface area contributed by atoms with Crippen LogP contribution in [-0.2, 0) is 14.3 Å². The summed E-state index contributed by atoms with van der Waals surface area (Å²) in [6.07, 6.45) is 1.54. The largest absolute Gasteiger partial charge is 0.481 e. The highest BCUT2D eigenvalue weighted by Gasteiger charge is 2.36. The molecule has 0 spiro atoms. The number of hydrogen-bond acceptors (Lipinski definition) is 7. The molecule has 2 amide bonds. The lowest BCUT2D eigenvalue weighted by Gasteiger charge is -2.27. The number of ether oxygens (including phenoxy) is 1. The van der Waals surface area contributed by atoms with E-state index in [1.165, 1.54) is 0 Å². The molecule has 0 saturated heterocycles. The van der Waals surface area contributed by atoms with Gasteiger partial charge in [-0.2, -0.15) is 0 Å². The molecule has 1 fully saturated rings. The zero-order valence-electron chi connectivity index (χ0n) is 21.9. The van der Waals surface area contributed by atoms with Gasteiger partial charge >= 0.3 is 12.1 Å². The molecular weight excluding hydrogens is 488 g/mol. The maximum Gasteiger partial charge on any atom is 0.412 e. The topological polar surface area (TPSA) is 144 Å². The van der Waals surface area contributed by atoms with E-state index in [-0.39, 0.29) is 11.7 Å². The lowest BCUT2D eigenvalue weighted by atomic mass is 9.78. The van der Waals surface area contributed by atoms with Crippen LogP contribution in [0.15, 0.2) is 40.9 Å². The second kappa shape index (κ2) is 11.5. The summed E-state index contributed by atoms with van der Waals surface area (Å²) in [5, 5.41) is 19.0. The Labute approximate surface area is 220 Å². The fraction of sp³-hybridized carbons (Fsp3) is 0.393. The van der Waals surface area contributed by atoms with Crippen LogP contribution in [0.25, 0.3) is 11.5 Å². The molecule has 1 aliphatic rings. The standard InChI is InChI=1S/C28H32N4O6/c1-15-9-5-6-10-19(15)18(4)37-28(36)31-24-17(3)32-38-25(24)23-14-13-22(16(2)29-23)30-26(33)20-11-7-8-12-21(20)27(34)35/h5-6,9-10,13-14,18,20-21H,7-8,11-12H2,1-4H3,(H,30,33)(H,31,36)(H,34,35)/t18?,20-,21-/m0/s1. The summed E-state index contributed by atoms with van der Waals surface area (Å²) in [6, 6.07) is 11.0. The number of nitrogens with one attached hydrogen (secondary N) is 2. The van der Waals surface area contributed by atoms with E-state index < -0.39 is 30.0 Å². The molecule has 200 valence electrons. The summed E-state index contributed by atoms with van der Waals surface area (Å²) in [5.41, 5.74) is 4.10. The molecular formula is C28H32N4O6. The van der Waals surface area contributed by atoms with E-state index in [0.717, 1.165) is 24.0 Å². The van der Waals surface area contributed by atoms with Gasteiger partial charge in [0.15, 0.2) is 0 Å². The highest BCUT2D eigenvalue weighted by atomic mass is 16.6. The molecule has 3 atom stereocenters. The summed E-state index contributed by atoms with van der Waals surface area (Å²) in [4.78, 5) is 41.7. The Kier molecular flexibility index (Phi) is 8.09. The quantitative estimate of drug-likeness (QED) is 0.354. The number of carbonyl (C=O) groups excluding carboxylic acids is 2. The minimum atomic E-state index is -0.942. The first-order valence-corrected chi connectivity index (χ1v) is 12.7. The number of aryl methyl sites for hydroxylation is 3. The highest BCUT2D eigenvalue weighted by molar-refractivity contribution is 5.96. The van der Waals surface area contributed by atoms with Gasteiger partial charge in [0.05, 0.1) is 23.2 Å². The Hall–Kier alpha value is -4.21. The van der Waals surface area contributed by atoms with Gasteiger partial charge in [0.25, 0.3) is 0 Å². The number of hydrogen-bond donors (Lipinski definition) is 3. The molecule has 38 heavy (non-hydrogen) atoms. The Morgan fingerprint density at radius 2 is 1.71 bits per heavy atom. The molecule has 4 rings (SSSR count). The molecule has 0 aliphatic heterocycles. The average molecular weight is 521 g/mol. The van der Waals surface area contributed by atoms with E-state index in [2.05, 4.69) is 20.8 Å². The van der Waals surface area contributed by atoms with Crippen molar-refractivity contribution in [3.05, 3.63) is 58.9 Å². The van der Waals surface area contributed by atoms with Crippen molar-refractivity contribution in [3.8, 4) is 11.5 Å². The van der Waals surface area contributed by atoms with E-state index >= 15 is 0 Å². The number of benzene rings is 1. The van der Waals surface area contributed by atoms with Gasteiger partial charge in [-0.3, -0.25) is 14.9 Å². The van der Waals surface area contributed by atoms with Crippen molar-refractivity contribution in [1.82, 2.24) is 10.1 Å². The van der Waals surface area contributed by atoms with Crippen molar-refractivity contribution in [1.29, 1.82) is 0 Å². The molecule has 10 heteroatoms. The van der Waals surface area contributed by atoms with Crippen molar-refractivity contribution in [2.75, 3.05) is 10.6 Å². The molecule has 1 saturated carbocycles. The van der Waals surface area contributed by atoms with Gasteiger partial charge in [-0.05, 0) is 63.8 Å². The van der Waals surface area contributed by atoms with Crippen LogP contribution >= 0.6 is 0 Å². The van der Waals surface area contributed by atoms with Crippen LogP contribution in [0.3, 0.4) is 0 Å². The third-order valence-corrected chi connectivity index (χ3v) is 7.00. The third-order valence-electron chi connectivity index (χ3n) is 7.00. The second-order valence-electron chi connectivity index (χ2n) is 9.66. The lowest BCUT2D eigenvalue weighted by Crippen LogP contribution is -2.36. The molecule has 10 nitrogen and oxygen atoms in total. The Morgan fingerprint density at radius 3 is 2.39 bits per heavy atom. The van der Waals surface area contributed by atoms with Crippen LogP contribution in [0, 0.1) is 32.6 Å². The monoisotopic (exact) mass is 520 g/mol. The zero-order valence-corrected chi connectivity index (χ0v) is 21.9. The van der Waals surface area contributed by atoms with Crippen molar-refractivity contribution >= 4 is 29.3 Å². The highest BCUT2D eigenvalue weighted by Crippen LogP contribution is 2.34. The third kappa shape index (κ3) is 5.85. The summed E-state index contributed by atoms with van der Waals surface area (Å²) in [6.45, 7) is 7.17. The van der Waals surface area contributed by atoms with Gasteiger partial charge in [0, 0.05) is 0 Å². The number of amides is 2. The zero-order chi connectivity index (χ0) is 27.4. The molecule has 1 aromatic carbocycles. The van der Waals surface area contributed by atoms with Crippen LogP contribution in [0.2, 0.25) is 0 Å². The fourth-order valence-corrected chi connectivity index (χ4v) is 4.88.